The highest BCUT2D eigenvalue weighted by atomic mass is 79.9. The molecule has 0 aliphatic heterocycles. The Kier molecular flexibility index (Phi) is 1.72. The highest BCUT2D eigenvalue weighted by molar-refractivity contribution is 9.10. The number of hydrogen-bond acceptors (Lipinski definition) is 3. The fraction of sp³-hybridized carbons (Fsp3) is 0. The maximum absolute atomic E-state index is 5.51. The van der Waals surface area contributed by atoms with Gasteiger partial charge in [-0.2, -0.15) is 0 Å². The fourth-order valence-electron chi connectivity index (χ4n) is 0.623. The van der Waals surface area contributed by atoms with E-state index in [4.69, 9.17) is 17.2 Å². The number of nitrogen functional groups attached to an aromatic ring is 3. The first kappa shape index (κ1) is 7.21. The molecule has 0 unspecified atom stereocenters. The van der Waals surface area contributed by atoms with Gasteiger partial charge in [-0.05, 0) is 28.1 Å². The van der Waals surface area contributed by atoms with E-state index in [-0.39, 0.29) is 0 Å². The second-order valence-electron chi connectivity index (χ2n) is 2.00. The van der Waals surface area contributed by atoms with Gasteiger partial charge in [0.05, 0.1) is 11.4 Å². The van der Waals surface area contributed by atoms with E-state index in [9.17, 15) is 0 Å². The highest BCUT2D eigenvalue weighted by Crippen LogP contribution is 2.26. The van der Waals surface area contributed by atoms with E-state index >= 15 is 0 Å². The van der Waals surface area contributed by atoms with Crippen LogP contribution in [0.25, 0.3) is 0 Å². The lowest BCUT2D eigenvalue weighted by molar-refractivity contribution is 1.61. The van der Waals surface area contributed by atoms with Gasteiger partial charge in [0.2, 0.25) is 0 Å². The quantitative estimate of drug-likeness (QED) is 0.553. The Balaban J connectivity index is 3.28. The molecule has 0 aliphatic rings. The van der Waals surface area contributed by atoms with Crippen LogP contribution in [0.4, 0.5) is 17.1 Å². The lowest BCUT2D eigenvalue weighted by atomic mass is 10.2. The zero-order chi connectivity index (χ0) is 7.72. The summed E-state index contributed by atoms with van der Waals surface area (Å²) in [4.78, 5) is 0. The lowest BCUT2D eigenvalue weighted by Crippen LogP contribution is -1.96. The number of nitrogens with two attached hydrogens (primary N) is 3. The summed E-state index contributed by atoms with van der Waals surface area (Å²) in [5.74, 6) is 0. The second-order valence-corrected chi connectivity index (χ2v) is 2.86. The van der Waals surface area contributed by atoms with Crippen LogP contribution in [0.2, 0.25) is 0 Å². The van der Waals surface area contributed by atoms with Crippen molar-refractivity contribution in [3.05, 3.63) is 16.6 Å². The Hall–Kier alpha value is -0.900. The van der Waals surface area contributed by atoms with Crippen LogP contribution in [0, 0.1) is 0 Å². The largest absolute Gasteiger partial charge is 0.398 e. The molecule has 0 heterocycles. The third-order valence-electron chi connectivity index (χ3n) is 1.20. The SMILES string of the molecule is Nc1cc(N)c(Br)cc1N. The van der Waals surface area contributed by atoms with Gasteiger partial charge in [-0.15, -0.1) is 0 Å². The van der Waals surface area contributed by atoms with Crippen LogP contribution in [0.5, 0.6) is 0 Å². The van der Waals surface area contributed by atoms with Crippen molar-refractivity contribution in [3.63, 3.8) is 0 Å². The molecule has 54 valence electrons. The van der Waals surface area contributed by atoms with Gasteiger partial charge in [0.1, 0.15) is 0 Å². The maximum atomic E-state index is 5.51. The Morgan fingerprint density at radius 1 is 0.900 bits per heavy atom. The third kappa shape index (κ3) is 1.16. The molecule has 4 heteroatoms. The standard InChI is InChI=1S/C6H8BrN3/c7-3-1-5(9)6(10)2-4(3)8/h1-2H,8-10H2. The molecule has 0 bridgehead atoms. The summed E-state index contributed by atoms with van der Waals surface area (Å²) < 4.78 is 0.777. The average Bonchev–Trinajstić information content (AvgIpc) is 1.84. The van der Waals surface area contributed by atoms with E-state index in [2.05, 4.69) is 15.9 Å². The van der Waals surface area contributed by atoms with E-state index in [1.165, 1.54) is 0 Å². The van der Waals surface area contributed by atoms with Crippen molar-refractivity contribution in [2.75, 3.05) is 17.2 Å². The van der Waals surface area contributed by atoms with Crippen LogP contribution in [-0.4, -0.2) is 0 Å². The van der Waals surface area contributed by atoms with Crippen molar-refractivity contribution in [2.45, 2.75) is 0 Å². The van der Waals surface area contributed by atoms with E-state index in [1.54, 1.807) is 12.1 Å². The molecule has 3 nitrogen and oxygen atoms in total. The summed E-state index contributed by atoms with van der Waals surface area (Å²) in [5.41, 5.74) is 18.1. The minimum atomic E-state index is 0.515. The van der Waals surface area contributed by atoms with Crippen LogP contribution in [0.1, 0.15) is 0 Å². The molecule has 1 aromatic rings. The molecular weight excluding hydrogens is 194 g/mol. The second kappa shape index (κ2) is 2.38. The molecule has 0 amide bonds. The molecule has 10 heavy (non-hydrogen) atoms. The molecule has 0 aliphatic carbocycles. The summed E-state index contributed by atoms with van der Waals surface area (Å²) in [7, 11) is 0. The van der Waals surface area contributed by atoms with E-state index in [0.717, 1.165) is 4.47 Å². The van der Waals surface area contributed by atoms with Crippen LogP contribution in [0.3, 0.4) is 0 Å². The van der Waals surface area contributed by atoms with Crippen LogP contribution in [-0.2, 0) is 0 Å². The normalized spacial score (nSPS) is 9.70. The van der Waals surface area contributed by atoms with Crippen molar-refractivity contribution < 1.29 is 0 Å². The minimum absolute atomic E-state index is 0.515. The molecule has 0 atom stereocenters. The van der Waals surface area contributed by atoms with Crippen LogP contribution >= 0.6 is 15.9 Å². The number of anilines is 3. The van der Waals surface area contributed by atoms with Gasteiger partial charge < -0.3 is 17.2 Å². The molecule has 0 spiro atoms. The summed E-state index contributed by atoms with van der Waals surface area (Å²) in [5, 5.41) is 0. The molecule has 0 fully saturated rings. The number of benzene rings is 1. The lowest BCUT2D eigenvalue weighted by Gasteiger charge is -2.02. The van der Waals surface area contributed by atoms with Gasteiger partial charge in [-0.3, -0.25) is 0 Å². The fourth-order valence-corrected chi connectivity index (χ4v) is 0.984. The smallest absolute Gasteiger partial charge is 0.0569 e. The van der Waals surface area contributed by atoms with Gasteiger partial charge in [-0.1, -0.05) is 0 Å². The van der Waals surface area contributed by atoms with Crippen LogP contribution in [0.15, 0.2) is 16.6 Å². The van der Waals surface area contributed by atoms with Gasteiger partial charge in [0, 0.05) is 10.2 Å². The summed E-state index contributed by atoms with van der Waals surface area (Å²) in [6.07, 6.45) is 0. The first-order valence-corrected chi connectivity index (χ1v) is 3.50. The van der Waals surface area contributed by atoms with Crippen molar-refractivity contribution in [1.29, 1.82) is 0 Å². The van der Waals surface area contributed by atoms with Crippen LogP contribution < -0.4 is 17.2 Å². The topological polar surface area (TPSA) is 78.1 Å². The number of halogens is 1. The molecule has 0 aromatic heterocycles. The van der Waals surface area contributed by atoms with Crippen molar-refractivity contribution in [1.82, 2.24) is 0 Å². The maximum Gasteiger partial charge on any atom is 0.0569 e. The monoisotopic (exact) mass is 201 g/mol. The summed E-state index contributed by atoms with van der Waals surface area (Å²) in [6, 6.07) is 3.31. The van der Waals surface area contributed by atoms with Gasteiger partial charge in [0.15, 0.2) is 0 Å². The van der Waals surface area contributed by atoms with Gasteiger partial charge >= 0.3 is 0 Å². The third-order valence-corrected chi connectivity index (χ3v) is 1.89. The predicted molar refractivity (Wildman–Crippen MR) is 47.4 cm³/mol. The average molecular weight is 202 g/mol. The minimum Gasteiger partial charge on any atom is -0.398 e. The molecule has 0 saturated heterocycles. The molecule has 6 N–H and O–H groups in total. The Morgan fingerprint density at radius 2 is 1.40 bits per heavy atom. The molecular formula is C6H8BrN3. The molecule has 0 radical (unpaired) electrons. The van der Waals surface area contributed by atoms with Gasteiger partial charge in [0.25, 0.3) is 0 Å². The zero-order valence-electron chi connectivity index (χ0n) is 5.26. The number of hydrogen-bond donors (Lipinski definition) is 3. The first-order chi connectivity index (χ1) is 4.61. The first-order valence-electron chi connectivity index (χ1n) is 2.71. The Morgan fingerprint density at radius 3 is 1.90 bits per heavy atom. The Labute approximate surface area is 67.3 Å². The molecule has 0 saturated carbocycles. The van der Waals surface area contributed by atoms with E-state index < -0.39 is 0 Å². The predicted octanol–water partition coefficient (Wildman–Crippen LogP) is 1.20. The summed E-state index contributed by atoms with van der Waals surface area (Å²) in [6.45, 7) is 0. The molecule has 1 rings (SSSR count). The Bertz CT molecular complexity index is 209. The van der Waals surface area contributed by atoms with Gasteiger partial charge in [-0.25, -0.2) is 0 Å². The zero-order valence-corrected chi connectivity index (χ0v) is 6.85. The van der Waals surface area contributed by atoms with Crippen molar-refractivity contribution in [3.8, 4) is 0 Å². The van der Waals surface area contributed by atoms with Crippen molar-refractivity contribution in [2.24, 2.45) is 0 Å². The molecule has 1 aromatic carbocycles. The van der Waals surface area contributed by atoms with E-state index in [0.29, 0.717) is 17.1 Å². The van der Waals surface area contributed by atoms with E-state index in [1.807, 2.05) is 0 Å². The highest BCUT2D eigenvalue weighted by Gasteiger charge is 1.98. The number of rotatable bonds is 0. The van der Waals surface area contributed by atoms with Crippen molar-refractivity contribution >= 4 is 33.0 Å². The summed E-state index contributed by atoms with van der Waals surface area (Å²) >= 11 is 3.22.